The Kier molecular flexibility index (Phi) is 4.61. The van der Waals surface area contributed by atoms with Gasteiger partial charge in [0.05, 0.1) is 6.10 Å². The number of benzene rings is 2. The second kappa shape index (κ2) is 6.23. The second-order valence-corrected chi connectivity index (χ2v) is 5.98. The van der Waals surface area contributed by atoms with E-state index in [4.69, 9.17) is 0 Å². The maximum atomic E-state index is 10.7. The van der Waals surface area contributed by atoms with Crippen LogP contribution in [0.15, 0.2) is 48.5 Å². The molecule has 0 bridgehead atoms. The number of aryl methyl sites for hydroxylation is 2. The van der Waals surface area contributed by atoms with Crippen LogP contribution in [0.1, 0.15) is 42.0 Å². The van der Waals surface area contributed by atoms with Crippen LogP contribution in [0.4, 0.5) is 0 Å². The second-order valence-electron chi connectivity index (χ2n) is 5.98. The Hall–Kier alpha value is -1.60. The van der Waals surface area contributed by atoms with Gasteiger partial charge in [0.1, 0.15) is 0 Å². The Bertz CT molecular complexity index is 557. The molecule has 0 fully saturated rings. The molecular weight excluding hydrogens is 244 g/mol. The van der Waals surface area contributed by atoms with E-state index in [0.717, 1.165) is 0 Å². The van der Waals surface area contributed by atoms with Crippen molar-refractivity contribution in [3.8, 4) is 0 Å². The normalized spacial score (nSPS) is 14.3. The lowest BCUT2D eigenvalue weighted by Gasteiger charge is -2.28. The Labute approximate surface area is 122 Å². The molecule has 2 atom stereocenters. The summed E-state index contributed by atoms with van der Waals surface area (Å²) < 4.78 is 0. The Morgan fingerprint density at radius 3 is 2.15 bits per heavy atom. The van der Waals surface area contributed by atoms with Crippen molar-refractivity contribution in [1.82, 2.24) is 0 Å². The molecule has 0 radical (unpaired) electrons. The molecule has 1 nitrogen and oxygen atoms in total. The molecule has 0 saturated carbocycles. The van der Waals surface area contributed by atoms with Crippen LogP contribution in [0.2, 0.25) is 0 Å². The highest BCUT2D eigenvalue weighted by Crippen LogP contribution is 2.33. The van der Waals surface area contributed by atoms with Gasteiger partial charge in [0, 0.05) is 5.92 Å². The summed E-state index contributed by atoms with van der Waals surface area (Å²) in [6.07, 6.45) is -0.377. The van der Waals surface area contributed by atoms with Gasteiger partial charge in [-0.3, -0.25) is 0 Å². The number of hydrogen-bond donors (Lipinski definition) is 1. The van der Waals surface area contributed by atoms with E-state index in [1.807, 2.05) is 18.2 Å². The van der Waals surface area contributed by atoms with E-state index in [9.17, 15) is 5.11 Å². The highest BCUT2D eigenvalue weighted by molar-refractivity contribution is 5.40. The molecule has 0 spiro atoms. The van der Waals surface area contributed by atoms with Crippen molar-refractivity contribution < 1.29 is 5.11 Å². The molecule has 20 heavy (non-hydrogen) atoms. The SMILES string of the molecule is Cc1ccc(C)c(C(c2ccccc2)C(O)C(C)C)c1. The molecule has 0 aliphatic heterocycles. The first-order chi connectivity index (χ1) is 9.50. The van der Waals surface area contributed by atoms with Crippen molar-refractivity contribution in [2.45, 2.75) is 39.7 Å². The molecule has 0 heterocycles. The first kappa shape index (κ1) is 14.8. The fourth-order valence-corrected chi connectivity index (χ4v) is 2.70. The predicted octanol–water partition coefficient (Wildman–Crippen LogP) is 4.45. The van der Waals surface area contributed by atoms with Crippen LogP contribution in [0, 0.1) is 19.8 Å². The topological polar surface area (TPSA) is 20.2 Å². The summed E-state index contributed by atoms with van der Waals surface area (Å²) in [5.74, 6) is 0.260. The Balaban J connectivity index is 2.54. The summed E-state index contributed by atoms with van der Waals surface area (Å²) in [5, 5.41) is 10.7. The third kappa shape index (κ3) is 3.10. The van der Waals surface area contributed by atoms with Gasteiger partial charge in [-0.25, -0.2) is 0 Å². The lowest BCUT2D eigenvalue weighted by Crippen LogP contribution is -2.26. The van der Waals surface area contributed by atoms with Gasteiger partial charge in [-0.1, -0.05) is 67.9 Å². The van der Waals surface area contributed by atoms with Crippen LogP contribution in [0.5, 0.6) is 0 Å². The highest BCUT2D eigenvalue weighted by Gasteiger charge is 2.26. The molecule has 2 rings (SSSR count). The van der Waals surface area contributed by atoms with Crippen LogP contribution < -0.4 is 0 Å². The quantitative estimate of drug-likeness (QED) is 0.868. The average molecular weight is 268 g/mol. The van der Waals surface area contributed by atoms with Gasteiger partial charge < -0.3 is 5.11 Å². The Morgan fingerprint density at radius 1 is 0.900 bits per heavy atom. The summed E-state index contributed by atoms with van der Waals surface area (Å²) in [6.45, 7) is 8.38. The number of hydrogen-bond acceptors (Lipinski definition) is 1. The number of rotatable bonds is 4. The van der Waals surface area contributed by atoms with Crippen LogP contribution >= 0.6 is 0 Å². The van der Waals surface area contributed by atoms with E-state index in [-0.39, 0.29) is 17.9 Å². The van der Waals surface area contributed by atoms with Crippen molar-refractivity contribution in [1.29, 1.82) is 0 Å². The van der Waals surface area contributed by atoms with E-state index in [0.29, 0.717) is 0 Å². The van der Waals surface area contributed by atoms with E-state index in [2.05, 4.69) is 58.0 Å². The molecule has 1 heteroatoms. The molecule has 2 aromatic carbocycles. The molecule has 0 amide bonds. The van der Waals surface area contributed by atoms with Gasteiger partial charge in [-0.15, -0.1) is 0 Å². The molecule has 2 aromatic rings. The standard InChI is InChI=1S/C19H24O/c1-13(2)19(20)18(16-8-6-5-7-9-16)17-12-14(3)10-11-15(17)4/h5-13,18-20H,1-4H3. The number of aliphatic hydroxyl groups is 1. The molecule has 0 aliphatic rings. The van der Waals surface area contributed by atoms with Gasteiger partial charge in [-0.2, -0.15) is 0 Å². The van der Waals surface area contributed by atoms with Crippen molar-refractivity contribution >= 4 is 0 Å². The van der Waals surface area contributed by atoms with Crippen molar-refractivity contribution in [3.63, 3.8) is 0 Å². The largest absolute Gasteiger partial charge is 0.392 e. The zero-order valence-electron chi connectivity index (χ0n) is 12.8. The predicted molar refractivity (Wildman–Crippen MR) is 85.0 cm³/mol. The monoisotopic (exact) mass is 268 g/mol. The maximum absolute atomic E-state index is 10.7. The minimum absolute atomic E-state index is 0.0381. The van der Waals surface area contributed by atoms with E-state index in [1.165, 1.54) is 22.3 Å². The summed E-state index contributed by atoms with van der Waals surface area (Å²) in [6, 6.07) is 16.8. The molecule has 106 valence electrons. The first-order valence-electron chi connectivity index (χ1n) is 7.31. The Morgan fingerprint density at radius 2 is 1.55 bits per heavy atom. The smallest absolute Gasteiger partial charge is 0.0672 e. The van der Waals surface area contributed by atoms with Crippen LogP contribution in [-0.4, -0.2) is 11.2 Å². The summed E-state index contributed by atoms with van der Waals surface area (Å²) in [5.41, 5.74) is 4.89. The molecule has 1 N–H and O–H groups in total. The van der Waals surface area contributed by atoms with Crippen molar-refractivity contribution in [2.75, 3.05) is 0 Å². The molecule has 0 aliphatic carbocycles. The third-order valence-corrected chi connectivity index (χ3v) is 3.95. The maximum Gasteiger partial charge on any atom is 0.0672 e. The average Bonchev–Trinajstić information content (AvgIpc) is 2.44. The highest BCUT2D eigenvalue weighted by atomic mass is 16.3. The zero-order valence-corrected chi connectivity index (χ0v) is 12.8. The van der Waals surface area contributed by atoms with Crippen molar-refractivity contribution in [3.05, 3.63) is 70.8 Å². The van der Waals surface area contributed by atoms with Crippen LogP contribution in [0.25, 0.3) is 0 Å². The van der Waals surface area contributed by atoms with Crippen LogP contribution in [0.3, 0.4) is 0 Å². The minimum atomic E-state index is -0.377. The third-order valence-electron chi connectivity index (χ3n) is 3.95. The van der Waals surface area contributed by atoms with E-state index in [1.54, 1.807) is 0 Å². The molecule has 2 unspecified atom stereocenters. The fraction of sp³-hybridized carbons (Fsp3) is 0.368. The van der Waals surface area contributed by atoms with Gasteiger partial charge >= 0.3 is 0 Å². The van der Waals surface area contributed by atoms with Crippen molar-refractivity contribution in [2.24, 2.45) is 5.92 Å². The lowest BCUT2D eigenvalue weighted by molar-refractivity contribution is 0.108. The molecule has 0 aromatic heterocycles. The minimum Gasteiger partial charge on any atom is -0.392 e. The van der Waals surface area contributed by atoms with Gasteiger partial charge in [-0.05, 0) is 36.5 Å². The zero-order chi connectivity index (χ0) is 14.7. The summed E-state index contributed by atoms with van der Waals surface area (Å²) in [4.78, 5) is 0. The summed E-state index contributed by atoms with van der Waals surface area (Å²) >= 11 is 0. The fourth-order valence-electron chi connectivity index (χ4n) is 2.70. The molecular formula is C19H24O. The van der Waals surface area contributed by atoms with Gasteiger partial charge in [0.15, 0.2) is 0 Å². The van der Waals surface area contributed by atoms with E-state index >= 15 is 0 Å². The van der Waals surface area contributed by atoms with E-state index < -0.39 is 0 Å². The van der Waals surface area contributed by atoms with Gasteiger partial charge in [0.2, 0.25) is 0 Å². The number of aliphatic hydroxyl groups excluding tert-OH is 1. The molecule has 0 saturated heterocycles. The van der Waals surface area contributed by atoms with Gasteiger partial charge in [0.25, 0.3) is 0 Å². The lowest BCUT2D eigenvalue weighted by atomic mass is 9.80. The first-order valence-corrected chi connectivity index (χ1v) is 7.31. The van der Waals surface area contributed by atoms with Crippen LogP contribution in [-0.2, 0) is 0 Å². The summed E-state index contributed by atoms with van der Waals surface area (Å²) in [7, 11) is 0.